The Labute approximate surface area is 105 Å². The molecule has 0 radical (unpaired) electrons. The van der Waals surface area contributed by atoms with Crippen molar-refractivity contribution >= 4 is 28.2 Å². The van der Waals surface area contributed by atoms with Crippen molar-refractivity contribution in [3.63, 3.8) is 0 Å². The summed E-state index contributed by atoms with van der Waals surface area (Å²) in [6.45, 7) is 0. The van der Waals surface area contributed by atoms with E-state index >= 15 is 0 Å². The monoisotopic (exact) mass is 300 g/mol. The van der Waals surface area contributed by atoms with Gasteiger partial charge in [0.05, 0.1) is 4.90 Å². The van der Waals surface area contributed by atoms with Crippen LogP contribution in [0.15, 0.2) is 23.1 Å². The molecule has 0 N–H and O–H groups in total. The Hall–Kier alpha value is -1.22. The first-order valence-electron chi connectivity index (χ1n) is 4.35. The predicted molar refractivity (Wildman–Crippen MR) is 59.2 cm³/mol. The molecular formula is C9H7F3O4S2. The lowest BCUT2D eigenvalue weighted by atomic mass is 10.2. The normalized spacial score (nSPS) is 12.2. The molecule has 0 saturated heterocycles. The molecule has 0 bridgehead atoms. The summed E-state index contributed by atoms with van der Waals surface area (Å²) in [5, 5.41) is 0. The highest BCUT2D eigenvalue weighted by Gasteiger charge is 2.48. The lowest BCUT2D eigenvalue weighted by Crippen LogP contribution is -2.28. The summed E-state index contributed by atoms with van der Waals surface area (Å²) in [4.78, 5) is 10.6. The second-order valence-corrected chi connectivity index (χ2v) is 5.40. The lowest BCUT2D eigenvalue weighted by Gasteiger charge is -2.12. The predicted octanol–water partition coefficient (Wildman–Crippen LogP) is 2.45. The Balaban J connectivity index is 3.17. The summed E-state index contributed by atoms with van der Waals surface area (Å²) in [6.07, 6.45) is 2.00. The lowest BCUT2D eigenvalue weighted by molar-refractivity contribution is -0.0500. The largest absolute Gasteiger partial charge is 0.534 e. The summed E-state index contributed by atoms with van der Waals surface area (Å²) < 4.78 is 62.0. The van der Waals surface area contributed by atoms with Crippen LogP contribution in [-0.4, -0.2) is 26.5 Å². The van der Waals surface area contributed by atoms with Gasteiger partial charge < -0.3 is 4.18 Å². The summed E-state index contributed by atoms with van der Waals surface area (Å²) in [5.74, 6) is -0.467. The molecule has 0 aliphatic carbocycles. The number of halogens is 3. The zero-order chi connectivity index (χ0) is 14.0. The van der Waals surface area contributed by atoms with Crippen LogP contribution in [0.5, 0.6) is 5.75 Å². The van der Waals surface area contributed by atoms with Crippen LogP contribution in [-0.2, 0) is 10.1 Å². The van der Waals surface area contributed by atoms with Crippen molar-refractivity contribution in [2.24, 2.45) is 0 Å². The summed E-state index contributed by atoms with van der Waals surface area (Å²) in [6, 6.07) is 3.39. The third-order valence-corrected chi connectivity index (χ3v) is 3.53. The van der Waals surface area contributed by atoms with Crippen molar-refractivity contribution in [1.82, 2.24) is 0 Å². The maximum Gasteiger partial charge on any atom is 0.534 e. The van der Waals surface area contributed by atoms with Crippen LogP contribution in [0, 0.1) is 0 Å². The van der Waals surface area contributed by atoms with Crippen molar-refractivity contribution in [3.8, 4) is 5.75 Å². The Morgan fingerprint density at radius 2 is 1.94 bits per heavy atom. The van der Waals surface area contributed by atoms with Crippen LogP contribution in [0.2, 0.25) is 0 Å². The molecule has 0 fully saturated rings. The van der Waals surface area contributed by atoms with E-state index in [2.05, 4.69) is 4.18 Å². The standard InChI is InChI=1S/C9H7F3O4S2/c1-17-8-4-6(5-13)2-3-7(8)16-18(14,15)9(10,11)12/h2-5H,1H3. The summed E-state index contributed by atoms with van der Waals surface area (Å²) >= 11 is 0.961. The van der Waals surface area contributed by atoms with Gasteiger partial charge in [-0.05, 0) is 24.5 Å². The van der Waals surface area contributed by atoms with Gasteiger partial charge in [-0.3, -0.25) is 4.79 Å². The molecule has 100 valence electrons. The van der Waals surface area contributed by atoms with Gasteiger partial charge in [0.2, 0.25) is 0 Å². The number of alkyl halides is 3. The third kappa shape index (κ3) is 3.16. The van der Waals surface area contributed by atoms with Gasteiger partial charge in [-0.2, -0.15) is 21.6 Å². The molecule has 0 aliphatic heterocycles. The van der Waals surface area contributed by atoms with Gasteiger partial charge in [0.25, 0.3) is 0 Å². The van der Waals surface area contributed by atoms with Crippen LogP contribution < -0.4 is 4.18 Å². The minimum absolute atomic E-state index is 0.118. The highest BCUT2D eigenvalue weighted by Crippen LogP contribution is 2.33. The van der Waals surface area contributed by atoms with Crippen molar-refractivity contribution in [2.45, 2.75) is 10.4 Å². The number of hydrogen-bond donors (Lipinski definition) is 0. The van der Waals surface area contributed by atoms with Gasteiger partial charge in [-0.1, -0.05) is 0 Å². The van der Waals surface area contributed by atoms with Gasteiger partial charge in [0.15, 0.2) is 5.75 Å². The third-order valence-electron chi connectivity index (χ3n) is 1.81. The molecule has 0 spiro atoms. The second-order valence-electron chi connectivity index (χ2n) is 3.01. The SMILES string of the molecule is CSc1cc(C=O)ccc1OS(=O)(=O)C(F)(F)F. The van der Waals surface area contributed by atoms with Gasteiger partial charge in [-0.15, -0.1) is 11.8 Å². The molecular weight excluding hydrogens is 293 g/mol. The van der Waals surface area contributed by atoms with E-state index in [0.717, 1.165) is 23.9 Å². The minimum atomic E-state index is -5.70. The second kappa shape index (κ2) is 5.19. The molecule has 18 heavy (non-hydrogen) atoms. The fourth-order valence-electron chi connectivity index (χ4n) is 0.992. The summed E-state index contributed by atoms with van der Waals surface area (Å²) in [7, 11) is -5.70. The fraction of sp³-hybridized carbons (Fsp3) is 0.222. The Kier molecular flexibility index (Phi) is 4.28. The number of carbonyl (C=O) groups is 1. The summed E-state index contributed by atoms with van der Waals surface area (Å²) in [5.41, 5.74) is -5.29. The molecule has 0 aliphatic rings. The van der Waals surface area contributed by atoms with Gasteiger partial charge in [-0.25, -0.2) is 0 Å². The Bertz CT molecular complexity index is 551. The zero-order valence-corrected chi connectivity index (χ0v) is 10.5. The first-order chi connectivity index (χ1) is 8.21. The molecule has 1 aromatic rings. The van der Waals surface area contributed by atoms with Crippen LogP contribution in [0.25, 0.3) is 0 Å². The number of benzene rings is 1. The van der Waals surface area contributed by atoms with Gasteiger partial charge in [0.1, 0.15) is 6.29 Å². The van der Waals surface area contributed by atoms with E-state index < -0.39 is 21.4 Å². The average molecular weight is 300 g/mol. The topological polar surface area (TPSA) is 60.4 Å². The van der Waals surface area contributed by atoms with E-state index in [9.17, 15) is 26.4 Å². The maximum atomic E-state index is 12.1. The molecule has 0 unspecified atom stereocenters. The van der Waals surface area contributed by atoms with Crippen LogP contribution >= 0.6 is 11.8 Å². The number of aldehydes is 1. The number of hydrogen-bond acceptors (Lipinski definition) is 5. The van der Waals surface area contributed by atoms with E-state index in [-0.39, 0.29) is 10.5 Å². The first kappa shape index (κ1) is 14.8. The molecule has 0 heterocycles. The van der Waals surface area contributed by atoms with Gasteiger partial charge in [0, 0.05) is 5.56 Å². The number of thioether (sulfide) groups is 1. The molecule has 0 amide bonds. The Morgan fingerprint density at radius 1 is 1.33 bits per heavy atom. The highest BCUT2D eigenvalue weighted by molar-refractivity contribution is 7.98. The van der Waals surface area contributed by atoms with Crippen molar-refractivity contribution in [2.75, 3.05) is 6.26 Å². The van der Waals surface area contributed by atoms with E-state index in [1.54, 1.807) is 0 Å². The minimum Gasteiger partial charge on any atom is -0.375 e. The van der Waals surface area contributed by atoms with E-state index in [0.29, 0.717) is 6.29 Å². The van der Waals surface area contributed by atoms with Crippen LogP contribution in [0.3, 0.4) is 0 Å². The molecule has 0 atom stereocenters. The fourth-order valence-corrected chi connectivity index (χ4v) is 2.09. The van der Waals surface area contributed by atoms with E-state index in [1.165, 1.54) is 12.3 Å². The molecule has 0 aromatic heterocycles. The van der Waals surface area contributed by atoms with Crippen molar-refractivity contribution in [3.05, 3.63) is 23.8 Å². The maximum absolute atomic E-state index is 12.1. The average Bonchev–Trinajstić information content (AvgIpc) is 2.27. The van der Waals surface area contributed by atoms with Crippen LogP contribution in [0.4, 0.5) is 13.2 Å². The molecule has 1 rings (SSSR count). The molecule has 9 heteroatoms. The highest BCUT2D eigenvalue weighted by atomic mass is 32.2. The smallest absolute Gasteiger partial charge is 0.375 e. The molecule has 0 saturated carbocycles. The quantitative estimate of drug-likeness (QED) is 0.370. The molecule has 1 aromatic carbocycles. The number of carbonyl (C=O) groups excluding carboxylic acids is 1. The molecule has 4 nitrogen and oxygen atoms in total. The zero-order valence-electron chi connectivity index (χ0n) is 8.89. The number of rotatable bonds is 4. The van der Waals surface area contributed by atoms with Gasteiger partial charge >= 0.3 is 15.6 Å². The van der Waals surface area contributed by atoms with Crippen LogP contribution in [0.1, 0.15) is 10.4 Å². The van der Waals surface area contributed by atoms with Crippen molar-refractivity contribution in [1.29, 1.82) is 0 Å². The van der Waals surface area contributed by atoms with E-state index in [4.69, 9.17) is 0 Å². The Morgan fingerprint density at radius 3 is 2.39 bits per heavy atom. The van der Waals surface area contributed by atoms with E-state index in [1.807, 2.05) is 0 Å². The van der Waals surface area contributed by atoms with Crippen molar-refractivity contribution < 1.29 is 30.6 Å². The first-order valence-corrected chi connectivity index (χ1v) is 6.98.